The van der Waals surface area contributed by atoms with E-state index in [0.29, 0.717) is 30.6 Å². The number of nitrogens with zero attached hydrogens (tertiary/aromatic N) is 4. The first-order valence-electron chi connectivity index (χ1n) is 11.5. The molecule has 6 rings (SSSR count). The number of para-hydroxylation sites is 1. The lowest BCUT2D eigenvalue weighted by Gasteiger charge is -2.28. The highest BCUT2D eigenvalue weighted by atomic mass is 19.3. The van der Waals surface area contributed by atoms with Gasteiger partial charge in [-0.25, -0.2) is 28.1 Å². The fourth-order valence-corrected chi connectivity index (χ4v) is 4.91. The normalized spacial score (nSPS) is 16.4. The number of pyridine rings is 2. The van der Waals surface area contributed by atoms with Crippen LogP contribution in [0.25, 0.3) is 39.0 Å². The van der Waals surface area contributed by atoms with Gasteiger partial charge in [-0.3, -0.25) is 4.57 Å². The van der Waals surface area contributed by atoms with Crippen molar-refractivity contribution in [3.8, 4) is 16.8 Å². The molecule has 0 bridgehead atoms. The maximum absolute atomic E-state index is 13.7. The fourth-order valence-electron chi connectivity index (χ4n) is 4.91. The predicted molar refractivity (Wildman–Crippen MR) is 127 cm³/mol. The molecule has 4 heterocycles. The van der Waals surface area contributed by atoms with E-state index >= 15 is 0 Å². The van der Waals surface area contributed by atoms with E-state index in [-0.39, 0.29) is 24.4 Å². The van der Waals surface area contributed by atoms with Crippen LogP contribution in [-0.2, 0) is 6.54 Å². The molecule has 1 N–H and O–H groups in total. The minimum absolute atomic E-state index is 0.0219. The number of nitrogens with one attached hydrogen (secondary N) is 1. The molecular weight excluding hydrogens is 436 g/mol. The van der Waals surface area contributed by atoms with Crippen LogP contribution in [-0.4, -0.2) is 30.0 Å². The molecule has 1 aromatic carbocycles. The SMILES string of the molecule is O=c1n(CC2CCC(F)(F)CC2)c2cc(-c3cnc4[nH]ccc4c3)cnc2n1-c1ccccc1. The second-order valence-corrected chi connectivity index (χ2v) is 9.07. The molecule has 4 aromatic heterocycles. The summed E-state index contributed by atoms with van der Waals surface area (Å²) >= 11 is 0. The van der Waals surface area contributed by atoms with Crippen LogP contribution in [0.15, 0.2) is 71.9 Å². The van der Waals surface area contributed by atoms with Crippen molar-refractivity contribution in [2.75, 3.05) is 0 Å². The lowest BCUT2D eigenvalue weighted by atomic mass is 9.87. The summed E-state index contributed by atoms with van der Waals surface area (Å²) in [6.45, 7) is 0.394. The van der Waals surface area contributed by atoms with Gasteiger partial charge in [-0.2, -0.15) is 0 Å². The molecule has 0 radical (unpaired) electrons. The second kappa shape index (κ2) is 7.90. The van der Waals surface area contributed by atoms with Gasteiger partial charge in [0.05, 0.1) is 11.2 Å². The van der Waals surface area contributed by atoms with Crippen molar-refractivity contribution in [3.05, 3.63) is 77.6 Å². The molecule has 0 spiro atoms. The van der Waals surface area contributed by atoms with Crippen molar-refractivity contribution in [2.45, 2.75) is 38.2 Å². The maximum atomic E-state index is 13.7. The molecule has 0 aliphatic heterocycles. The average Bonchev–Trinajstić information content (AvgIpc) is 3.42. The highest BCUT2D eigenvalue weighted by Gasteiger charge is 2.35. The lowest BCUT2D eigenvalue weighted by molar-refractivity contribution is -0.0473. The smallest absolute Gasteiger partial charge is 0.334 e. The molecular formula is C26H23F2N5O. The molecule has 0 atom stereocenters. The summed E-state index contributed by atoms with van der Waals surface area (Å²) in [6, 6.07) is 15.3. The number of H-pyrrole nitrogens is 1. The van der Waals surface area contributed by atoms with Gasteiger partial charge in [-0.1, -0.05) is 18.2 Å². The third kappa shape index (κ3) is 3.59. The fraction of sp³-hybridized carbons (Fsp3) is 0.269. The number of aromatic nitrogens is 5. The number of halogens is 2. The summed E-state index contributed by atoms with van der Waals surface area (Å²) in [7, 11) is 0. The van der Waals surface area contributed by atoms with Crippen LogP contribution in [0.5, 0.6) is 0 Å². The first-order valence-corrected chi connectivity index (χ1v) is 11.5. The number of hydrogen-bond donors (Lipinski definition) is 1. The molecule has 0 amide bonds. The van der Waals surface area contributed by atoms with Crippen LogP contribution in [0.2, 0.25) is 0 Å². The maximum Gasteiger partial charge on any atom is 0.334 e. The van der Waals surface area contributed by atoms with Crippen LogP contribution in [0, 0.1) is 5.92 Å². The van der Waals surface area contributed by atoms with Gasteiger partial charge in [-0.15, -0.1) is 0 Å². The van der Waals surface area contributed by atoms with Gasteiger partial charge in [0.1, 0.15) is 5.65 Å². The molecule has 1 fully saturated rings. The van der Waals surface area contributed by atoms with E-state index in [0.717, 1.165) is 27.8 Å². The van der Waals surface area contributed by atoms with Crippen molar-refractivity contribution < 1.29 is 8.78 Å². The summed E-state index contributed by atoms with van der Waals surface area (Å²) in [5.41, 5.74) is 4.31. The number of hydrogen-bond acceptors (Lipinski definition) is 3. The summed E-state index contributed by atoms with van der Waals surface area (Å²) in [5, 5.41) is 0.986. The minimum Gasteiger partial charge on any atom is -0.346 e. The standard InChI is InChI=1S/C26H23F2N5O/c27-26(28)9-6-17(7-10-26)16-32-22-13-20(19-12-18-8-11-29-23(18)30-14-19)15-31-24(22)33(25(32)34)21-4-2-1-3-5-21/h1-5,8,11-15,17H,6-7,9-10,16H2,(H,29,30). The third-order valence-corrected chi connectivity index (χ3v) is 6.80. The van der Waals surface area contributed by atoms with E-state index in [1.165, 1.54) is 0 Å². The molecule has 1 aliphatic carbocycles. The lowest BCUT2D eigenvalue weighted by Crippen LogP contribution is -2.30. The second-order valence-electron chi connectivity index (χ2n) is 9.07. The number of fused-ring (bicyclic) bond motifs is 2. The Bertz CT molecular complexity index is 1540. The van der Waals surface area contributed by atoms with E-state index in [4.69, 9.17) is 0 Å². The van der Waals surface area contributed by atoms with E-state index in [9.17, 15) is 13.6 Å². The van der Waals surface area contributed by atoms with Crippen molar-refractivity contribution in [1.82, 2.24) is 24.1 Å². The number of imidazole rings is 1. The third-order valence-electron chi connectivity index (χ3n) is 6.80. The molecule has 1 saturated carbocycles. The highest BCUT2D eigenvalue weighted by molar-refractivity contribution is 5.84. The molecule has 6 nitrogen and oxygen atoms in total. The first-order chi connectivity index (χ1) is 16.5. The molecule has 0 saturated heterocycles. The Balaban J connectivity index is 1.48. The highest BCUT2D eigenvalue weighted by Crippen LogP contribution is 2.37. The van der Waals surface area contributed by atoms with Gasteiger partial charge in [0, 0.05) is 54.5 Å². The summed E-state index contributed by atoms with van der Waals surface area (Å²) in [6.07, 6.45) is 5.92. The molecule has 34 heavy (non-hydrogen) atoms. The Morgan fingerprint density at radius 1 is 1.00 bits per heavy atom. The van der Waals surface area contributed by atoms with Gasteiger partial charge in [0.2, 0.25) is 5.92 Å². The zero-order valence-electron chi connectivity index (χ0n) is 18.4. The Kier molecular flexibility index (Phi) is 4.83. The van der Waals surface area contributed by atoms with Gasteiger partial charge in [0.15, 0.2) is 5.65 Å². The molecule has 8 heteroatoms. The number of aromatic amines is 1. The quantitative estimate of drug-likeness (QED) is 0.383. The van der Waals surface area contributed by atoms with Crippen LogP contribution < -0.4 is 5.69 Å². The van der Waals surface area contributed by atoms with Crippen LogP contribution >= 0.6 is 0 Å². The number of alkyl halides is 2. The largest absolute Gasteiger partial charge is 0.346 e. The van der Waals surface area contributed by atoms with Gasteiger partial charge in [0.25, 0.3) is 0 Å². The van der Waals surface area contributed by atoms with Crippen molar-refractivity contribution in [1.29, 1.82) is 0 Å². The Morgan fingerprint density at radius 2 is 1.74 bits per heavy atom. The van der Waals surface area contributed by atoms with Crippen LogP contribution in [0.4, 0.5) is 8.78 Å². The number of rotatable bonds is 4. The predicted octanol–water partition coefficient (Wildman–Crippen LogP) is 5.56. The zero-order chi connectivity index (χ0) is 23.3. The van der Waals surface area contributed by atoms with Crippen molar-refractivity contribution in [2.24, 2.45) is 5.92 Å². The minimum atomic E-state index is -2.60. The topological polar surface area (TPSA) is 68.5 Å². The summed E-state index contributed by atoms with van der Waals surface area (Å²) in [5.74, 6) is -2.58. The summed E-state index contributed by atoms with van der Waals surface area (Å²) in [4.78, 5) is 25.8. The molecule has 172 valence electrons. The zero-order valence-corrected chi connectivity index (χ0v) is 18.4. The van der Waals surface area contributed by atoms with Gasteiger partial charge >= 0.3 is 5.69 Å². The average molecular weight is 460 g/mol. The van der Waals surface area contributed by atoms with Gasteiger partial charge in [-0.05, 0) is 49.1 Å². The first kappa shape index (κ1) is 20.8. The molecule has 1 aliphatic rings. The molecule has 0 unspecified atom stereocenters. The Hall–Kier alpha value is -3.81. The molecule has 5 aromatic rings. The number of benzene rings is 1. The van der Waals surface area contributed by atoms with Crippen LogP contribution in [0.1, 0.15) is 25.7 Å². The van der Waals surface area contributed by atoms with E-state index in [1.54, 1.807) is 21.5 Å². The van der Waals surface area contributed by atoms with Crippen LogP contribution in [0.3, 0.4) is 0 Å². The van der Waals surface area contributed by atoms with E-state index < -0.39 is 5.92 Å². The van der Waals surface area contributed by atoms with Crippen molar-refractivity contribution in [3.63, 3.8) is 0 Å². The monoisotopic (exact) mass is 459 g/mol. The van der Waals surface area contributed by atoms with E-state index in [2.05, 4.69) is 15.0 Å². The van der Waals surface area contributed by atoms with Gasteiger partial charge < -0.3 is 4.98 Å². The Morgan fingerprint density at radius 3 is 2.53 bits per heavy atom. The Labute approximate surface area is 193 Å². The van der Waals surface area contributed by atoms with E-state index in [1.807, 2.05) is 54.7 Å². The summed E-state index contributed by atoms with van der Waals surface area (Å²) < 4.78 is 30.7. The van der Waals surface area contributed by atoms with Crippen molar-refractivity contribution >= 4 is 22.2 Å².